The lowest BCUT2D eigenvalue weighted by Gasteiger charge is -2.13. The number of aryl methyl sites for hydroxylation is 1. The van der Waals surface area contributed by atoms with E-state index in [-0.39, 0.29) is 5.82 Å². The van der Waals surface area contributed by atoms with Crippen molar-refractivity contribution in [2.24, 2.45) is 4.99 Å². The molecule has 2 aromatic carbocycles. The number of fused-ring (bicyclic) bond motifs is 3. The van der Waals surface area contributed by atoms with Crippen LogP contribution in [0, 0.1) is 5.82 Å². The van der Waals surface area contributed by atoms with E-state index in [0.29, 0.717) is 11.7 Å². The number of hydrogen-bond acceptors (Lipinski definition) is 4. The van der Waals surface area contributed by atoms with Crippen molar-refractivity contribution in [1.29, 1.82) is 0 Å². The van der Waals surface area contributed by atoms with E-state index in [4.69, 9.17) is 9.47 Å². The number of imidazole rings is 1. The Bertz CT molecular complexity index is 993. The van der Waals surface area contributed by atoms with Crippen LogP contribution in [0.1, 0.15) is 17.5 Å². The Balaban J connectivity index is 1.73. The number of rotatable bonds is 4. The number of ether oxygens (including phenoxy) is 2. The van der Waals surface area contributed by atoms with Gasteiger partial charge in [0.2, 0.25) is 5.95 Å². The molecule has 0 N–H and O–H groups in total. The molecule has 0 saturated carbocycles. The van der Waals surface area contributed by atoms with Crippen molar-refractivity contribution in [2.45, 2.75) is 19.4 Å². The molecule has 0 radical (unpaired) electrons. The second-order valence-electron chi connectivity index (χ2n) is 6.37. The van der Waals surface area contributed by atoms with Gasteiger partial charge in [-0.25, -0.2) is 14.4 Å². The highest BCUT2D eigenvalue weighted by Gasteiger charge is 2.20. The van der Waals surface area contributed by atoms with Crippen LogP contribution in [0.15, 0.2) is 47.6 Å². The number of nitrogens with zero attached hydrogens (tertiary/aromatic N) is 3. The number of halogens is 1. The van der Waals surface area contributed by atoms with Gasteiger partial charge < -0.3 is 14.0 Å². The van der Waals surface area contributed by atoms with Crippen LogP contribution in [0.3, 0.4) is 0 Å². The average molecular weight is 365 g/mol. The maximum absolute atomic E-state index is 13.0. The third kappa shape index (κ3) is 3.30. The Kier molecular flexibility index (Phi) is 4.62. The van der Waals surface area contributed by atoms with Gasteiger partial charge in [0.05, 0.1) is 26.1 Å². The molecule has 0 spiro atoms. The summed E-state index contributed by atoms with van der Waals surface area (Å²) in [5.74, 6) is 1.81. The lowest BCUT2D eigenvalue weighted by molar-refractivity contribution is 0.354. The Labute approximate surface area is 157 Å². The highest BCUT2D eigenvalue weighted by atomic mass is 19.1. The predicted molar refractivity (Wildman–Crippen MR) is 103 cm³/mol. The summed E-state index contributed by atoms with van der Waals surface area (Å²) in [6.45, 7) is 0.824. The molecular weight excluding hydrogens is 345 g/mol. The van der Waals surface area contributed by atoms with Crippen molar-refractivity contribution in [2.75, 3.05) is 14.2 Å². The quantitative estimate of drug-likeness (QED) is 0.644. The summed E-state index contributed by atoms with van der Waals surface area (Å²) in [4.78, 5) is 9.01. The zero-order chi connectivity index (χ0) is 18.8. The summed E-state index contributed by atoms with van der Waals surface area (Å²) in [5, 5.41) is 0. The third-order valence-corrected chi connectivity index (χ3v) is 4.75. The molecule has 0 bridgehead atoms. The van der Waals surface area contributed by atoms with Gasteiger partial charge >= 0.3 is 0 Å². The molecule has 3 aromatic rings. The fourth-order valence-corrected chi connectivity index (χ4v) is 3.38. The summed E-state index contributed by atoms with van der Waals surface area (Å²) < 4.78 is 26.1. The standard InChI is InChI=1S/C21H20FN3O2/c1-26-19-10-15-4-3-9-25-18(17(15)11-20(19)27-2)13-24-21(25)23-12-14-5-7-16(22)8-6-14/h5-8,10-13H,3-4,9H2,1-2H3/b23-12+. The van der Waals surface area contributed by atoms with Crippen LogP contribution in [0.2, 0.25) is 0 Å². The molecule has 2 heterocycles. The number of benzene rings is 2. The minimum absolute atomic E-state index is 0.261. The van der Waals surface area contributed by atoms with Gasteiger partial charge in [-0.05, 0) is 48.2 Å². The second-order valence-corrected chi connectivity index (χ2v) is 6.37. The van der Waals surface area contributed by atoms with Crippen LogP contribution in [0.4, 0.5) is 10.3 Å². The Morgan fingerprint density at radius 2 is 1.85 bits per heavy atom. The molecule has 0 fully saturated rings. The van der Waals surface area contributed by atoms with Crippen molar-refractivity contribution in [3.8, 4) is 22.8 Å². The van der Waals surface area contributed by atoms with Crippen molar-refractivity contribution < 1.29 is 13.9 Å². The monoisotopic (exact) mass is 365 g/mol. The molecule has 0 saturated heterocycles. The lowest BCUT2D eigenvalue weighted by atomic mass is 10.0. The molecule has 1 aliphatic heterocycles. The van der Waals surface area contributed by atoms with Gasteiger partial charge in [-0.3, -0.25) is 0 Å². The maximum atomic E-state index is 13.0. The Morgan fingerprint density at radius 1 is 1.11 bits per heavy atom. The van der Waals surface area contributed by atoms with Crippen LogP contribution in [0.5, 0.6) is 11.5 Å². The van der Waals surface area contributed by atoms with Gasteiger partial charge in [0.15, 0.2) is 11.5 Å². The van der Waals surface area contributed by atoms with E-state index < -0.39 is 0 Å². The van der Waals surface area contributed by atoms with Crippen LogP contribution in [-0.2, 0) is 13.0 Å². The molecule has 0 atom stereocenters. The zero-order valence-corrected chi connectivity index (χ0v) is 15.3. The first kappa shape index (κ1) is 17.3. The fourth-order valence-electron chi connectivity index (χ4n) is 3.38. The van der Waals surface area contributed by atoms with E-state index in [1.54, 1.807) is 32.6 Å². The highest BCUT2D eigenvalue weighted by molar-refractivity contribution is 5.81. The van der Waals surface area contributed by atoms with Gasteiger partial charge in [-0.1, -0.05) is 12.1 Å². The molecule has 5 nitrogen and oxygen atoms in total. The molecule has 27 heavy (non-hydrogen) atoms. The van der Waals surface area contributed by atoms with E-state index in [2.05, 4.69) is 14.5 Å². The summed E-state index contributed by atoms with van der Waals surface area (Å²) >= 11 is 0. The largest absolute Gasteiger partial charge is 0.493 e. The lowest BCUT2D eigenvalue weighted by Crippen LogP contribution is -1.98. The third-order valence-electron chi connectivity index (χ3n) is 4.75. The first-order valence-electron chi connectivity index (χ1n) is 8.80. The minimum Gasteiger partial charge on any atom is -0.493 e. The van der Waals surface area contributed by atoms with Gasteiger partial charge in [-0.15, -0.1) is 0 Å². The van der Waals surface area contributed by atoms with Crippen LogP contribution in [-0.4, -0.2) is 30.0 Å². The van der Waals surface area contributed by atoms with E-state index in [9.17, 15) is 4.39 Å². The Hall–Kier alpha value is -3.15. The normalized spacial score (nSPS) is 13.1. The van der Waals surface area contributed by atoms with E-state index in [1.807, 2.05) is 18.3 Å². The molecule has 0 unspecified atom stereocenters. The van der Waals surface area contributed by atoms with Crippen molar-refractivity contribution in [3.05, 3.63) is 59.5 Å². The smallest absolute Gasteiger partial charge is 0.229 e. The summed E-state index contributed by atoms with van der Waals surface area (Å²) in [5.41, 5.74) is 4.13. The highest BCUT2D eigenvalue weighted by Crippen LogP contribution is 2.39. The van der Waals surface area contributed by atoms with Crippen molar-refractivity contribution in [1.82, 2.24) is 9.55 Å². The average Bonchev–Trinajstić information content (AvgIpc) is 3.00. The number of aromatic nitrogens is 2. The van der Waals surface area contributed by atoms with E-state index in [0.717, 1.165) is 42.0 Å². The van der Waals surface area contributed by atoms with Gasteiger partial charge in [0.1, 0.15) is 5.82 Å². The number of methoxy groups -OCH3 is 2. The molecule has 1 aromatic heterocycles. The summed E-state index contributed by atoms with van der Waals surface area (Å²) in [7, 11) is 3.28. The number of aliphatic imine (C=N–C) groups is 1. The van der Waals surface area contributed by atoms with Crippen LogP contribution >= 0.6 is 0 Å². The minimum atomic E-state index is -0.261. The first-order valence-corrected chi connectivity index (χ1v) is 8.80. The molecule has 0 aliphatic carbocycles. The van der Waals surface area contributed by atoms with Gasteiger partial charge in [0.25, 0.3) is 0 Å². The molecule has 138 valence electrons. The predicted octanol–water partition coefficient (Wildman–Crippen LogP) is 4.40. The van der Waals surface area contributed by atoms with Gasteiger partial charge in [0, 0.05) is 18.3 Å². The van der Waals surface area contributed by atoms with E-state index >= 15 is 0 Å². The van der Waals surface area contributed by atoms with Gasteiger partial charge in [-0.2, -0.15) is 0 Å². The molecule has 0 amide bonds. The topological polar surface area (TPSA) is 48.6 Å². The molecule has 4 rings (SSSR count). The first-order chi connectivity index (χ1) is 13.2. The summed E-state index contributed by atoms with van der Waals surface area (Å²) in [6, 6.07) is 10.3. The van der Waals surface area contributed by atoms with Crippen molar-refractivity contribution in [3.63, 3.8) is 0 Å². The maximum Gasteiger partial charge on any atom is 0.229 e. The van der Waals surface area contributed by atoms with Crippen molar-refractivity contribution >= 4 is 12.2 Å². The molecule has 6 heteroatoms. The van der Waals surface area contributed by atoms with E-state index in [1.165, 1.54) is 17.7 Å². The molecule has 1 aliphatic rings. The zero-order valence-electron chi connectivity index (χ0n) is 15.3. The fraction of sp³-hybridized carbons (Fsp3) is 0.238. The van der Waals surface area contributed by atoms with Crippen LogP contribution < -0.4 is 9.47 Å². The molecular formula is C21H20FN3O2. The van der Waals surface area contributed by atoms with Crippen LogP contribution in [0.25, 0.3) is 11.3 Å². The SMILES string of the molecule is COc1cc2c(cc1OC)-c1cnc(/N=C/c3ccc(F)cc3)n1CCC2. The Morgan fingerprint density at radius 3 is 2.59 bits per heavy atom. The second kappa shape index (κ2) is 7.23. The summed E-state index contributed by atoms with van der Waals surface area (Å²) in [6.07, 6.45) is 5.46. The number of hydrogen-bond donors (Lipinski definition) is 0.